The number of unbranched alkanes of at least 4 members (excludes halogenated alkanes) is 1. The number of anilines is 1. The molecule has 1 fully saturated rings. The molecule has 1 atom stereocenters. The summed E-state index contributed by atoms with van der Waals surface area (Å²) in [5.74, 6) is 0.733. The molecular formula is C21H36N2OS. The maximum atomic E-state index is 12.3. The molecule has 1 saturated carbocycles. The predicted octanol–water partition coefficient (Wildman–Crippen LogP) is 5.00. The quantitative estimate of drug-likeness (QED) is 0.626. The first kappa shape index (κ1) is 20.6. The van der Waals surface area contributed by atoms with E-state index in [2.05, 4.69) is 40.8 Å². The Morgan fingerprint density at radius 1 is 1.16 bits per heavy atom. The Kier molecular flexibility index (Phi) is 8.60. The Balaban J connectivity index is 1.71. The summed E-state index contributed by atoms with van der Waals surface area (Å²) in [7, 11) is 2.03. The van der Waals surface area contributed by atoms with E-state index < -0.39 is 11.4 Å². The van der Waals surface area contributed by atoms with Crippen LogP contribution in [0.1, 0.15) is 64.9 Å². The Hall–Kier alpha value is -0.710. The SMILES string of the molecule is CCCCc1ccc(NCC2CCC(N(C)[S+]([O-])C(C)C)CC2)cc1. The molecule has 1 N–H and O–H groups in total. The summed E-state index contributed by atoms with van der Waals surface area (Å²) in [5.41, 5.74) is 2.68. The van der Waals surface area contributed by atoms with Crippen LogP contribution < -0.4 is 5.32 Å². The van der Waals surface area contributed by atoms with Gasteiger partial charge in [-0.15, -0.1) is 4.31 Å². The van der Waals surface area contributed by atoms with Crippen LogP contribution in [0, 0.1) is 5.92 Å². The van der Waals surface area contributed by atoms with Gasteiger partial charge in [0.15, 0.2) is 0 Å². The van der Waals surface area contributed by atoms with Gasteiger partial charge in [-0.1, -0.05) is 25.5 Å². The van der Waals surface area contributed by atoms with Crippen molar-refractivity contribution < 1.29 is 4.55 Å². The molecule has 0 aliphatic heterocycles. The number of nitrogens with one attached hydrogen (secondary N) is 1. The molecular weight excluding hydrogens is 328 g/mol. The third-order valence-corrected chi connectivity index (χ3v) is 7.06. The Bertz CT molecular complexity index is 483. The minimum atomic E-state index is -0.846. The first-order valence-electron chi connectivity index (χ1n) is 9.97. The van der Waals surface area contributed by atoms with Gasteiger partial charge in [-0.2, -0.15) is 0 Å². The van der Waals surface area contributed by atoms with Crippen LogP contribution in [0.4, 0.5) is 5.69 Å². The third kappa shape index (κ3) is 6.50. The maximum absolute atomic E-state index is 12.3. The van der Waals surface area contributed by atoms with Gasteiger partial charge in [-0.25, -0.2) is 0 Å². The van der Waals surface area contributed by atoms with E-state index in [1.54, 1.807) is 0 Å². The van der Waals surface area contributed by atoms with E-state index >= 15 is 0 Å². The normalized spacial score (nSPS) is 22.4. The Morgan fingerprint density at radius 2 is 1.80 bits per heavy atom. The highest BCUT2D eigenvalue weighted by molar-refractivity contribution is 7.89. The van der Waals surface area contributed by atoms with Crippen molar-refractivity contribution in [2.45, 2.75) is 77.0 Å². The zero-order valence-electron chi connectivity index (χ0n) is 16.5. The zero-order valence-corrected chi connectivity index (χ0v) is 17.3. The molecule has 4 heteroatoms. The van der Waals surface area contributed by atoms with E-state index in [1.807, 2.05) is 20.9 Å². The second kappa shape index (κ2) is 10.4. The van der Waals surface area contributed by atoms with E-state index in [1.165, 1.54) is 43.4 Å². The average Bonchev–Trinajstić information content (AvgIpc) is 2.64. The van der Waals surface area contributed by atoms with Gasteiger partial charge in [0.2, 0.25) is 0 Å². The molecule has 0 saturated heterocycles. The van der Waals surface area contributed by atoms with Gasteiger partial charge in [0, 0.05) is 30.6 Å². The van der Waals surface area contributed by atoms with Gasteiger partial charge >= 0.3 is 0 Å². The van der Waals surface area contributed by atoms with Crippen LogP contribution in [-0.2, 0) is 17.8 Å². The summed E-state index contributed by atoms with van der Waals surface area (Å²) in [5, 5.41) is 3.82. The van der Waals surface area contributed by atoms with Crippen LogP contribution in [0.5, 0.6) is 0 Å². The Morgan fingerprint density at radius 3 is 2.36 bits per heavy atom. The number of hydrogen-bond donors (Lipinski definition) is 1. The van der Waals surface area contributed by atoms with Crippen LogP contribution in [0.3, 0.4) is 0 Å². The van der Waals surface area contributed by atoms with E-state index in [0.29, 0.717) is 6.04 Å². The van der Waals surface area contributed by atoms with Crippen molar-refractivity contribution >= 4 is 17.0 Å². The molecule has 2 rings (SSSR count). The molecule has 0 heterocycles. The summed E-state index contributed by atoms with van der Waals surface area (Å²) in [4.78, 5) is 0. The fourth-order valence-electron chi connectivity index (χ4n) is 3.62. The lowest BCUT2D eigenvalue weighted by molar-refractivity contribution is 0.241. The van der Waals surface area contributed by atoms with Crippen LogP contribution in [-0.4, -0.2) is 33.7 Å². The predicted molar refractivity (Wildman–Crippen MR) is 110 cm³/mol. The largest absolute Gasteiger partial charge is 0.598 e. The summed E-state index contributed by atoms with van der Waals surface area (Å²) >= 11 is -0.846. The number of hydrogen-bond acceptors (Lipinski definition) is 3. The third-order valence-electron chi connectivity index (χ3n) is 5.39. The number of nitrogens with zero attached hydrogens (tertiary/aromatic N) is 1. The number of benzene rings is 1. The standard InChI is InChI=1S/C21H36N2OS/c1-5-6-7-18-8-12-20(13-9-18)22-16-19-10-14-21(15-11-19)23(4)25(24)17(2)3/h8-9,12-13,17,19,21-22H,5-7,10-11,14-16H2,1-4H3. The van der Waals surface area contributed by atoms with Crippen LogP contribution >= 0.6 is 0 Å². The summed E-state index contributed by atoms with van der Waals surface area (Å²) < 4.78 is 14.4. The lowest BCUT2D eigenvalue weighted by Crippen LogP contribution is -2.43. The van der Waals surface area contributed by atoms with Crippen molar-refractivity contribution in [1.29, 1.82) is 0 Å². The average molecular weight is 365 g/mol. The highest BCUT2D eigenvalue weighted by Gasteiger charge is 2.31. The molecule has 0 radical (unpaired) electrons. The highest BCUT2D eigenvalue weighted by Crippen LogP contribution is 2.29. The zero-order chi connectivity index (χ0) is 18.2. The van der Waals surface area contributed by atoms with Crippen LogP contribution in [0.2, 0.25) is 0 Å². The van der Waals surface area contributed by atoms with Crippen LogP contribution in [0.25, 0.3) is 0 Å². The molecule has 142 valence electrons. The van der Waals surface area contributed by atoms with Crippen molar-refractivity contribution in [2.75, 3.05) is 18.9 Å². The van der Waals surface area contributed by atoms with Gasteiger partial charge in [0.05, 0.1) is 6.04 Å². The van der Waals surface area contributed by atoms with Crippen molar-refractivity contribution in [3.05, 3.63) is 29.8 Å². The Labute approximate surface area is 157 Å². The molecule has 0 amide bonds. The molecule has 1 aromatic rings. The van der Waals surface area contributed by atoms with Gasteiger partial charge in [-0.05, 0) is 76.0 Å². The monoisotopic (exact) mass is 364 g/mol. The topological polar surface area (TPSA) is 38.3 Å². The first-order chi connectivity index (χ1) is 12.0. The lowest BCUT2D eigenvalue weighted by Gasteiger charge is -2.35. The van der Waals surface area contributed by atoms with Gasteiger partial charge in [0.1, 0.15) is 5.25 Å². The van der Waals surface area contributed by atoms with Crippen LogP contribution in [0.15, 0.2) is 24.3 Å². The van der Waals surface area contributed by atoms with Crippen molar-refractivity contribution in [3.63, 3.8) is 0 Å². The van der Waals surface area contributed by atoms with E-state index in [4.69, 9.17) is 0 Å². The minimum absolute atomic E-state index is 0.213. The lowest BCUT2D eigenvalue weighted by atomic mass is 9.86. The minimum Gasteiger partial charge on any atom is -0.598 e. The van der Waals surface area contributed by atoms with E-state index in [-0.39, 0.29) is 5.25 Å². The second-order valence-corrected chi connectivity index (χ2v) is 9.80. The fraction of sp³-hybridized carbons (Fsp3) is 0.714. The molecule has 1 unspecified atom stereocenters. The van der Waals surface area contributed by atoms with E-state index in [0.717, 1.165) is 25.3 Å². The molecule has 1 aromatic carbocycles. The van der Waals surface area contributed by atoms with E-state index in [9.17, 15) is 4.55 Å². The number of aryl methyl sites for hydroxylation is 1. The summed E-state index contributed by atoms with van der Waals surface area (Å²) in [6.45, 7) is 7.37. The first-order valence-corrected chi connectivity index (χ1v) is 11.1. The van der Waals surface area contributed by atoms with Gasteiger partial charge in [0.25, 0.3) is 0 Å². The molecule has 0 spiro atoms. The second-order valence-electron chi connectivity index (χ2n) is 7.73. The molecule has 3 nitrogen and oxygen atoms in total. The molecule has 1 aliphatic rings. The van der Waals surface area contributed by atoms with Crippen molar-refractivity contribution in [1.82, 2.24) is 4.31 Å². The molecule has 1 aliphatic carbocycles. The van der Waals surface area contributed by atoms with Gasteiger partial charge in [-0.3, -0.25) is 0 Å². The highest BCUT2D eigenvalue weighted by atomic mass is 32.2. The maximum Gasteiger partial charge on any atom is 0.130 e. The fourth-order valence-corrected chi connectivity index (χ4v) is 4.79. The number of rotatable bonds is 9. The molecule has 25 heavy (non-hydrogen) atoms. The van der Waals surface area contributed by atoms with Crippen molar-refractivity contribution in [2.24, 2.45) is 5.92 Å². The molecule has 0 bridgehead atoms. The summed E-state index contributed by atoms with van der Waals surface area (Å²) in [6.07, 6.45) is 8.49. The smallest absolute Gasteiger partial charge is 0.130 e. The van der Waals surface area contributed by atoms with Crippen molar-refractivity contribution in [3.8, 4) is 0 Å². The summed E-state index contributed by atoms with van der Waals surface area (Å²) in [6, 6.07) is 9.43. The molecule has 0 aromatic heterocycles. The van der Waals surface area contributed by atoms with Gasteiger partial charge < -0.3 is 9.87 Å².